The molecule has 0 bridgehead atoms. The zero-order valence-corrected chi connectivity index (χ0v) is 13.0. The number of amides is 1. The van der Waals surface area contributed by atoms with Crippen molar-refractivity contribution in [1.82, 2.24) is 9.80 Å². The van der Waals surface area contributed by atoms with Crippen LogP contribution in [0.1, 0.15) is 25.3 Å². The van der Waals surface area contributed by atoms with E-state index in [1.165, 1.54) is 0 Å². The molecule has 1 atom stereocenters. The molecule has 0 saturated carbocycles. The maximum atomic E-state index is 12.4. The summed E-state index contributed by atoms with van der Waals surface area (Å²) >= 11 is 0. The Bertz CT molecular complexity index is 525. The molecule has 0 N–H and O–H groups in total. The van der Waals surface area contributed by atoms with Gasteiger partial charge in [0, 0.05) is 13.1 Å². The minimum atomic E-state index is -0.445. The molecule has 4 nitrogen and oxygen atoms in total. The highest BCUT2D eigenvalue weighted by atomic mass is 16.2. The highest BCUT2D eigenvalue weighted by Gasteiger charge is 2.38. The zero-order chi connectivity index (χ0) is 15.5. The Hall–Kier alpha value is -1.86. The first-order valence-corrected chi connectivity index (χ1v) is 7.42. The molecule has 21 heavy (non-hydrogen) atoms. The molecule has 1 aliphatic rings. The molecular weight excluding hydrogens is 262 g/mol. The number of piperidine rings is 1. The summed E-state index contributed by atoms with van der Waals surface area (Å²) < 4.78 is 0. The number of hydrogen-bond donors (Lipinski definition) is 0. The van der Waals surface area contributed by atoms with Gasteiger partial charge in [-0.1, -0.05) is 30.3 Å². The lowest BCUT2D eigenvalue weighted by Gasteiger charge is -2.39. The van der Waals surface area contributed by atoms with E-state index in [0.29, 0.717) is 25.9 Å². The predicted octanol–water partition coefficient (Wildman–Crippen LogP) is 2.02. The smallest absolute Gasteiger partial charge is 0.239 e. The highest BCUT2D eigenvalue weighted by molar-refractivity contribution is 5.81. The topological polar surface area (TPSA) is 47.3 Å². The van der Waals surface area contributed by atoms with E-state index in [-0.39, 0.29) is 11.9 Å². The van der Waals surface area contributed by atoms with Gasteiger partial charge >= 0.3 is 0 Å². The molecule has 1 aromatic carbocycles. The Kier molecular flexibility index (Phi) is 4.64. The third-order valence-electron chi connectivity index (χ3n) is 4.60. The third-order valence-corrected chi connectivity index (χ3v) is 4.60. The van der Waals surface area contributed by atoms with Crippen molar-refractivity contribution in [2.24, 2.45) is 0 Å². The van der Waals surface area contributed by atoms with Crippen molar-refractivity contribution in [2.45, 2.75) is 31.2 Å². The summed E-state index contributed by atoms with van der Waals surface area (Å²) in [6.45, 7) is 3.23. The van der Waals surface area contributed by atoms with E-state index in [1.54, 1.807) is 0 Å². The van der Waals surface area contributed by atoms with Crippen LogP contribution in [0.4, 0.5) is 0 Å². The molecule has 4 heteroatoms. The van der Waals surface area contributed by atoms with Crippen LogP contribution < -0.4 is 0 Å². The van der Waals surface area contributed by atoms with Gasteiger partial charge in [0.25, 0.3) is 0 Å². The van der Waals surface area contributed by atoms with Crippen molar-refractivity contribution in [2.75, 3.05) is 27.2 Å². The second kappa shape index (κ2) is 6.28. The molecule has 2 rings (SSSR count). The molecule has 0 aliphatic carbocycles. The molecule has 1 aliphatic heterocycles. The van der Waals surface area contributed by atoms with Crippen LogP contribution in [0.25, 0.3) is 0 Å². The van der Waals surface area contributed by atoms with Crippen LogP contribution in [0.5, 0.6) is 0 Å². The maximum Gasteiger partial charge on any atom is 0.239 e. The Labute approximate surface area is 127 Å². The number of carbonyl (C=O) groups excluding carboxylic acids is 1. The van der Waals surface area contributed by atoms with Crippen molar-refractivity contribution in [3.8, 4) is 6.07 Å². The molecule has 1 fully saturated rings. The molecule has 0 radical (unpaired) electrons. The van der Waals surface area contributed by atoms with Gasteiger partial charge in [-0.15, -0.1) is 0 Å². The van der Waals surface area contributed by atoms with Crippen LogP contribution >= 0.6 is 0 Å². The number of nitrogens with zero attached hydrogens (tertiary/aromatic N) is 3. The molecule has 0 aromatic heterocycles. The summed E-state index contributed by atoms with van der Waals surface area (Å²) in [5.74, 6) is 0.152. The van der Waals surface area contributed by atoms with Crippen LogP contribution in [-0.2, 0) is 10.2 Å². The number of carbonyl (C=O) groups is 1. The SMILES string of the molecule is C[C@H](C(=O)N1CCC(C#N)(c2ccccc2)CC1)N(C)C. The van der Waals surface area contributed by atoms with Crippen LogP contribution in [0.2, 0.25) is 0 Å². The minimum Gasteiger partial charge on any atom is -0.341 e. The van der Waals surface area contributed by atoms with Gasteiger partial charge in [0.2, 0.25) is 5.91 Å². The lowest BCUT2D eigenvalue weighted by atomic mass is 9.74. The van der Waals surface area contributed by atoms with Gasteiger partial charge in [0.1, 0.15) is 0 Å². The first-order valence-electron chi connectivity index (χ1n) is 7.42. The molecule has 0 unspecified atom stereocenters. The summed E-state index contributed by atoms with van der Waals surface area (Å²) in [6.07, 6.45) is 1.42. The lowest BCUT2D eigenvalue weighted by Crippen LogP contribution is -2.50. The van der Waals surface area contributed by atoms with Crippen LogP contribution in [-0.4, -0.2) is 48.9 Å². The lowest BCUT2D eigenvalue weighted by molar-refractivity contribution is -0.136. The van der Waals surface area contributed by atoms with Gasteiger partial charge in [-0.05, 0) is 39.4 Å². The van der Waals surface area contributed by atoms with Gasteiger partial charge in [0.15, 0.2) is 0 Å². The van der Waals surface area contributed by atoms with Crippen LogP contribution in [0.15, 0.2) is 30.3 Å². The zero-order valence-electron chi connectivity index (χ0n) is 13.0. The third kappa shape index (κ3) is 3.08. The van der Waals surface area contributed by atoms with Crippen LogP contribution in [0.3, 0.4) is 0 Å². The van der Waals surface area contributed by atoms with Gasteiger partial charge in [-0.2, -0.15) is 5.26 Å². The fourth-order valence-corrected chi connectivity index (χ4v) is 2.82. The van der Waals surface area contributed by atoms with Gasteiger partial charge < -0.3 is 4.90 Å². The maximum absolute atomic E-state index is 12.4. The fraction of sp³-hybridized carbons (Fsp3) is 0.529. The molecule has 0 spiro atoms. The quantitative estimate of drug-likeness (QED) is 0.853. The Morgan fingerprint density at radius 2 is 1.86 bits per heavy atom. The summed E-state index contributed by atoms with van der Waals surface area (Å²) in [6, 6.07) is 12.3. The van der Waals surface area contributed by atoms with Gasteiger partial charge in [-0.25, -0.2) is 0 Å². The Morgan fingerprint density at radius 1 is 1.29 bits per heavy atom. The van der Waals surface area contributed by atoms with E-state index in [2.05, 4.69) is 6.07 Å². The summed E-state index contributed by atoms with van der Waals surface area (Å²) in [5, 5.41) is 9.66. The van der Waals surface area contributed by atoms with E-state index in [0.717, 1.165) is 5.56 Å². The molecule has 1 amide bonds. The number of likely N-dealkylation sites (N-methyl/N-ethyl adjacent to an activating group) is 1. The van der Waals surface area contributed by atoms with E-state index in [9.17, 15) is 10.1 Å². The highest BCUT2D eigenvalue weighted by Crippen LogP contribution is 2.35. The van der Waals surface area contributed by atoms with E-state index < -0.39 is 5.41 Å². The van der Waals surface area contributed by atoms with Crippen molar-refractivity contribution < 1.29 is 4.79 Å². The normalized spacial score (nSPS) is 19.1. The average molecular weight is 285 g/mol. The molecule has 1 aromatic rings. The predicted molar refractivity (Wildman–Crippen MR) is 82.7 cm³/mol. The number of rotatable bonds is 3. The van der Waals surface area contributed by atoms with Crippen LogP contribution in [0, 0.1) is 11.3 Å². The molecule has 1 saturated heterocycles. The monoisotopic (exact) mass is 285 g/mol. The van der Waals surface area contributed by atoms with Crippen molar-refractivity contribution in [3.05, 3.63) is 35.9 Å². The standard InChI is InChI=1S/C17H23N3O/c1-14(19(2)3)16(21)20-11-9-17(13-18,10-12-20)15-7-5-4-6-8-15/h4-8,14H,9-12H2,1-3H3/t14-/m1/s1. The number of likely N-dealkylation sites (tertiary alicyclic amines) is 1. The first kappa shape index (κ1) is 15.5. The molecule has 1 heterocycles. The second-order valence-corrected chi connectivity index (χ2v) is 6.02. The summed E-state index contributed by atoms with van der Waals surface area (Å²) in [4.78, 5) is 16.2. The van der Waals surface area contributed by atoms with E-state index in [1.807, 2.05) is 61.2 Å². The largest absolute Gasteiger partial charge is 0.341 e. The number of hydrogen-bond acceptors (Lipinski definition) is 3. The Morgan fingerprint density at radius 3 is 2.33 bits per heavy atom. The number of nitriles is 1. The summed E-state index contributed by atoms with van der Waals surface area (Å²) in [7, 11) is 3.83. The van der Waals surface area contributed by atoms with Crippen molar-refractivity contribution in [1.29, 1.82) is 5.26 Å². The van der Waals surface area contributed by atoms with Crippen molar-refractivity contribution in [3.63, 3.8) is 0 Å². The summed E-state index contributed by atoms with van der Waals surface area (Å²) in [5.41, 5.74) is 0.625. The number of benzene rings is 1. The van der Waals surface area contributed by atoms with Gasteiger partial charge in [-0.3, -0.25) is 9.69 Å². The molecule has 112 valence electrons. The van der Waals surface area contributed by atoms with E-state index in [4.69, 9.17) is 0 Å². The van der Waals surface area contributed by atoms with Gasteiger partial charge in [0.05, 0.1) is 17.5 Å². The second-order valence-electron chi connectivity index (χ2n) is 6.02. The van der Waals surface area contributed by atoms with E-state index >= 15 is 0 Å². The molecular formula is C17H23N3O. The Balaban J connectivity index is 2.09. The van der Waals surface area contributed by atoms with Crippen molar-refractivity contribution >= 4 is 5.91 Å². The first-order chi connectivity index (χ1) is 10.00. The minimum absolute atomic E-state index is 0.115. The fourth-order valence-electron chi connectivity index (χ4n) is 2.82. The average Bonchev–Trinajstić information content (AvgIpc) is 2.54.